The number of piperidine rings is 1. The van der Waals surface area contributed by atoms with E-state index in [1.165, 1.54) is 4.90 Å². The minimum Gasteiger partial charge on any atom is -0.330 e. The second-order valence-corrected chi connectivity index (χ2v) is 4.88. The maximum atomic E-state index is 12.0. The first-order valence-electron chi connectivity index (χ1n) is 5.48. The molecule has 88 valence electrons. The highest BCUT2D eigenvalue weighted by atomic mass is 35.5. The van der Waals surface area contributed by atoms with Gasteiger partial charge in [-0.15, -0.1) is 0 Å². The van der Waals surface area contributed by atoms with Crippen molar-refractivity contribution in [1.29, 1.82) is 0 Å². The van der Waals surface area contributed by atoms with Gasteiger partial charge in [0.1, 0.15) is 0 Å². The lowest BCUT2D eigenvalue weighted by molar-refractivity contribution is -0.124. The minimum atomic E-state index is -0.192. The molecule has 2 aliphatic rings. The number of hydrogen-bond acceptors (Lipinski definition) is 3. The number of hydrogen-bond donors (Lipinski definition) is 1. The standard InChI is InChI=1S/C12H11ClN2O2/c13-6-1-3-7(4-2-6)15-11(16)9-8(5-14)10(9)12(15)17/h1-4,8-10H,5,14H2. The Labute approximate surface area is 103 Å². The Morgan fingerprint density at radius 3 is 2.12 bits per heavy atom. The Morgan fingerprint density at radius 2 is 1.65 bits per heavy atom. The van der Waals surface area contributed by atoms with Crippen LogP contribution < -0.4 is 10.6 Å². The van der Waals surface area contributed by atoms with E-state index in [2.05, 4.69) is 0 Å². The van der Waals surface area contributed by atoms with Gasteiger partial charge >= 0.3 is 0 Å². The second kappa shape index (κ2) is 3.55. The van der Waals surface area contributed by atoms with Gasteiger partial charge in [0.15, 0.2) is 0 Å². The molecule has 0 spiro atoms. The zero-order valence-corrected chi connectivity index (χ0v) is 9.72. The van der Waals surface area contributed by atoms with Gasteiger partial charge in [-0.1, -0.05) is 11.6 Å². The summed E-state index contributed by atoms with van der Waals surface area (Å²) in [4.78, 5) is 25.3. The third-order valence-electron chi connectivity index (χ3n) is 3.54. The van der Waals surface area contributed by atoms with Crippen LogP contribution in [0.1, 0.15) is 0 Å². The van der Waals surface area contributed by atoms with Gasteiger partial charge in [-0.25, -0.2) is 0 Å². The van der Waals surface area contributed by atoms with Crippen molar-refractivity contribution in [3.8, 4) is 0 Å². The predicted molar refractivity (Wildman–Crippen MR) is 63.5 cm³/mol. The Balaban J connectivity index is 1.90. The minimum absolute atomic E-state index is 0.0542. The Bertz CT molecular complexity index is 478. The number of fused-ring (bicyclic) bond motifs is 1. The van der Waals surface area contributed by atoms with E-state index in [1.807, 2.05) is 0 Å². The van der Waals surface area contributed by atoms with Crippen molar-refractivity contribution in [3.63, 3.8) is 0 Å². The van der Waals surface area contributed by atoms with Crippen LogP contribution in [0.3, 0.4) is 0 Å². The first kappa shape index (κ1) is 10.7. The Hall–Kier alpha value is -1.39. The summed E-state index contributed by atoms with van der Waals surface area (Å²) in [6.07, 6.45) is 0. The maximum Gasteiger partial charge on any atom is 0.238 e. The molecule has 1 aliphatic carbocycles. The van der Waals surface area contributed by atoms with Gasteiger partial charge in [0.05, 0.1) is 17.5 Å². The van der Waals surface area contributed by atoms with Crippen molar-refractivity contribution in [2.75, 3.05) is 11.4 Å². The SMILES string of the molecule is NCC1C2C(=O)N(c3ccc(Cl)cc3)C(=O)C12. The number of imide groups is 1. The summed E-state index contributed by atoms with van der Waals surface area (Å²) >= 11 is 5.77. The van der Waals surface area contributed by atoms with Crippen LogP contribution >= 0.6 is 11.6 Å². The molecule has 2 amide bonds. The summed E-state index contributed by atoms with van der Waals surface area (Å²) in [7, 11) is 0. The lowest BCUT2D eigenvalue weighted by Crippen LogP contribution is -2.35. The van der Waals surface area contributed by atoms with Gasteiger partial charge in [-0.3, -0.25) is 14.5 Å². The van der Waals surface area contributed by atoms with Crippen molar-refractivity contribution in [3.05, 3.63) is 29.3 Å². The highest BCUT2D eigenvalue weighted by Gasteiger charge is 2.66. The summed E-state index contributed by atoms with van der Waals surface area (Å²) in [5.41, 5.74) is 6.10. The molecule has 1 aromatic rings. The van der Waals surface area contributed by atoms with Crippen LogP contribution in [0.15, 0.2) is 24.3 Å². The quantitative estimate of drug-likeness (QED) is 0.798. The normalized spacial score (nSPS) is 30.7. The molecule has 1 saturated heterocycles. The highest BCUT2D eigenvalue weighted by Crippen LogP contribution is 2.53. The third-order valence-corrected chi connectivity index (χ3v) is 3.79. The highest BCUT2D eigenvalue weighted by molar-refractivity contribution is 6.31. The molecule has 1 heterocycles. The zero-order chi connectivity index (χ0) is 12.2. The molecule has 2 N–H and O–H groups in total. The summed E-state index contributed by atoms with van der Waals surface area (Å²) in [5.74, 6) is -0.583. The van der Waals surface area contributed by atoms with Gasteiger partial charge in [-0.2, -0.15) is 0 Å². The number of nitrogens with two attached hydrogens (primary N) is 1. The fourth-order valence-corrected chi connectivity index (χ4v) is 2.72. The molecule has 0 radical (unpaired) electrons. The van der Waals surface area contributed by atoms with E-state index in [4.69, 9.17) is 17.3 Å². The largest absolute Gasteiger partial charge is 0.330 e. The van der Waals surface area contributed by atoms with Gasteiger partial charge in [0.2, 0.25) is 11.8 Å². The van der Waals surface area contributed by atoms with Gasteiger partial charge < -0.3 is 5.73 Å². The predicted octanol–water partition coefficient (Wildman–Crippen LogP) is 1.03. The number of nitrogens with zero attached hydrogens (tertiary/aromatic N) is 1. The summed E-state index contributed by atoms with van der Waals surface area (Å²) in [5, 5.41) is 0.581. The molecule has 5 heteroatoms. The molecule has 1 saturated carbocycles. The lowest BCUT2D eigenvalue weighted by atomic mass is 10.2. The molecular formula is C12H11ClN2O2. The smallest absolute Gasteiger partial charge is 0.238 e. The molecule has 2 unspecified atom stereocenters. The van der Waals surface area contributed by atoms with Crippen molar-refractivity contribution in [1.82, 2.24) is 0 Å². The molecule has 2 fully saturated rings. The number of carbonyl (C=O) groups is 2. The van der Waals surface area contributed by atoms with Crippen LogP contribution in [0.25, 0.3) is 0 Å². The monoisotopic (exact) mass is 250 g/mol. The number of amides is 2. The lowest BCUT2D eigenvalue weighted by Gasteiger charge is -2.17. The number of rotatable bonds is 2. The number of benzene rings is 1. The van der Waals surface area contributed by atoms with Crippen LogP contribution in [0.4, 0.5) is 5.69 Å². The van der Waals surface area contributed by atoms with E-state index in [-0.39, 0.29) is 29.6 Å². The summed E-state index contributed by atoms with van der Waals surface area (Å²) in [6, 6.07) is 6.70. The van der Waals surface area contributed by atoms with Gasteiger partial charge in [0.25, 0.3) is 0 Å². The Morgan fingerprint density at radius 1 is 1.12 bits per heavy atom. The fraction of sp³-hybridized carbons (Fsp3) is 0.333. The van der Waals surface area contributed by atoms with E-state index in [0.29, 0.717) is 17.3 Å². The van der Waals surface area contributed by atoms with Crippen LogP contribution in [-0.2, 0) is 9.59 Å². The number of halogens is 1. The first-order valence-corrected chi connectivity index (χ1v) is 5.86. The molecule has 2 atom stereocenters. The Kier molecular flexibility index (Phi) is 2.24. The molecule has 3 rings (SSSR count). The molecule has 0 aromatic heterocycles. The summed E-state index contributed by atoms with van der Waals surface area (Å²) < 4.78 is 0. The fourth-order valence-electron chi connectivity index (χ4n) is 2.59. The maximum absolute atomic E-state index is 12.0. The van der Waals surface area contributed by atoms with Crippen LogP contribution in [0.2, 0.25) is 5.02 Å². The van der Waals surface area contributed by atoms with Crippen molar-refractivity contribution in [2.24, 2.45) is 23.5 Å². The molecule has 1 aliphatic heterocycles. The summed E-state index contributed by atoms with van der Waals surface area (Å²) in [6.45, 7) is 0.404. The number of carbonyl (C=O) groups excluding carboxylic acids is 2. The average Bonchev–Trinajstić information content (AvgIpc) is 2.99. The third kappa shape index (κ3) is 1.41. The zero-order valence-electron chi connectivity index (χ0n) is 8.97. The van der Waals surface area contributed by atoms with Crippen LogP contribution in [0.5, 0.6) is 0 Å². The van der Waals surface area contributed by atoms with Crippen molar-refractivity contribution < 1.29 is 9.59 Å². The van der Waals surface area contributed by atoms with E-state index >= 15 is 0 Å². The first-order chi connectivity index (χ1) is 8.15. The van der Waals surface area contributed by atoms with Crippen molar-refractivity contribution >= 4 is 29.1 Å². The molecular weight excluding hydrogens is 240 g/mol. The van der Waals surface area contributed by atoms with E-state index in [1.54, 1.807) is 24.3 Å². The average molecular weight is 251 g/mol. The number of anilines is 1. The van der Waals surface area contributed by atoms with E-state index < -0.39 is 0 Å². The topological polar surface area (TPSA) is 63.4 Å². The molecule has 17 heavy (non-hydrogen) atoms. The second-order valence-electron chi connectivity index (χ2n) is 4.44. The van der Waals surface area contributed by atoms with E-state index in [9.17, 15) is 9.59 Å². The van der Waals surface area contributed by atoms with Gasteiger partial charge in [-0.05, 0) is 36.7 Å². The molecule has 1 aromatic carbocycles. The molecule has 0 bridgehead atoms. The molecule has 4 nitrogen and oxygen atoms in total. The van der Waals surface area contributed by atoms with E-state index in [0.717, 1.165) is 0 Å². The van der Waals surface area contributed by atoms with Crippen molar-refractivity contribution in [2.45, 2.75) is 0 Å². The van der Waals surface area contributed by atoms with Gasteiger partial charge in [0, 0.05) is 5.02 Å². The van der Waals surface area contributed by atoms with Crippen LogP contribution in [0, 0.1) is 17.8 Å². The van der Waals surface area contributed by atoms with Crippen LogP contribution in [-0.4, -0.2) is 18.4 Å².